The number of methoxy groups -OCH3 is 1. The minimum atomic E-state index is -1.21. The van der Waals surface area contributed by atoms with E-state index in [0.717, 1.165) is 0 Å². The third kappa shape index (κ3) is 5.70. The molecule has 0 spiro atoms. The van der Waals surface area contributed by atoms with Gasteiger partial charge < -0.3 is 18.9 Å². The van der Waals surface area contributed by atoms with E-state index in [2.05, 4.69) is 0 Å². The van der Waals surface area contributed by atoms with Crippen molar-refractivity contribution in [2.24, 2.45) is 0 Å². The third-order valence-electron chi connectivity index (χ3n) is 3.30. The first-order chi connectivity index (χ1) is 12.1. The molecule has 6 heteroatoms. The van der Waals surface area contributed by atoms with Crippen molar-refractivity contribution in [3.8, 4) is 0 Å². The fraction of sp³-hybridized carbons (Fsp3) is 0.263. The lowest BCUT2D eigenvalue weighted by atomic mass is 10.2. The molecule has 0 saturated carbocycles. The van der Waals surface area contributed by atoms with Crippen LogP contribution in [0.4, 0.5) is 0 Å². The van der Waals surface area contributed by atoms with E-state index in [1.807, 2.05) is 0 Å². The highest BCUT2D eigenvalue weighted by atomic mass is 16.7. The summed E-state index contributed by atoms with van der Waals surface area (Å²) in [5.41, 5.74) is 0.699. The number of ether oxygens (including phenoxy) is 4. The standard InChI is InChI=1S/C19H20O6/c1-14(23-13-22-2)19(24-17(20)15-9-5-3-6-10-15)25-18(21)16-11-7-4-8-12-16/h3-12,14,19H,13H2,1-2H3. The van der Waals surface area contributed by atoms with Gasteiger partial charge in [0.25, 0.3) is 6.29 Å². The number of carbonyl (C=O) groups excluding carboxylic acids is 2. The van der Waals surface area contributed by atoms with Crippen molar-refractivity contribution in [2.45, 2.75) is 19.3 Å². The van der Waals surface area contributed by atoms with Gasteiger partial charge in [-0.05, 0) is 31.2 Å². The fourth-order valence-electron chi connectivity index (χ4n) is 1.97. The minimum Gasteiger partial charge on any atom is -0.419 e. The zero-order valence-corrected chi connectivity index (χ0v) is 14.1. The Morgan fingerprint density at radius 2 is 1.28 bits per heavy atom. The molecule has 0 saturated heterocycles. The fourth-order valence-corrected chi connectivity index (χ4v) is 1.97. The van der Waals surface area contributed by atoms with Crippen molar-refractivity contribution in [1.82, 2.24) is 0 Å². The molecule has 0 heterocycles. The van der Waals surface area contributed by atoms with Crippen molar-refractivity contribution in [3.63, 3.8) is 0 Å². The largest absolute Gasteiger partial charge is 0.419 e. The first kappa shape index (κ1) is 18.6. The van der Waals surface area contributed by atoms with E-state index in [1.165, 1.54) is 7.11 Å². The van der Waals surface area contributed by atoms with Crippen LogP contribution >= 0.6 is 0 Å². The number of carbonyl (C=O) groups is 2. The molecule has 0 aromatic heterocycles. The highest BCUT2D eigenvalue weighted by Crippen LogP contribution is 2.13. The van der Waals surface area contributed by atoms with E-state index in [1.54, 1.807) is 67.6 Å². The van der Waals surface area contributed by atoms with E-state index in [4.69, 9.17) is 18.9 Å². The molecule has 0 aliphatic carbocycles. The van der Waals surface area contributed by atoms with E-state index in [9.17, 15) is 9.59 Å². The van der Waals surface area contributed by atoms with Gasteiger partial charge in [0.05, 0.1) is 11.1 Å². The normalized spacial score (nSPS) is 11.8. The molecule has 0 aliphatic heterocycles. The SMILES string of the molecule is COCOC(C)C(OC(=O)c1ccccc1)OC(=O)c1ccccc1. The zero-order valence-electron chi connectivity index (χ0n) is 14.1. The molecule has 0 radical (unpaired) electrons. The van der Waals surface area contributed by atoms with Crippen molar-refractivity contribution < 1.29 is 28.5 Å². The Labute approximate surface area is 146 Å². The Kier molecular flexibility index (Phi) is 7.13. The van der Waals surface area contributed by atoms with Crippen molar-refractivity contribution in [1.29, 1.82) is 0 Å². The summed E-state index contributed by atoms with van der Waals surface area (Å²) >= 11 is 0. The smallest absolute Gasteiger partial charge is 0.341 e. The van der Waals surface area contributed by atoms with Gasteiger partial charge in [0.15, 0.2) is 0 Å². The first-order valence-electron chi connectivity index (χ1n) is 7.74. The molecule has 2 aromatic carbocycles. The van der Waals surface area contributed by atoms with Gasteiger partial charge in [0.1, 0.15) is 12.9 Å². The predicted molar refractivity (Wildman–Crippen MR) is 89.9 cm³/mol. The molecule has 0 N–H and O–H groups in total. The molecule has 0 amide bonds. The van der Waals surface area contributed by atoms with Gasteiger partial charge in [-0.2, -0.15) is 0 Å². The molecule has 6 nitrogen and oxygen atoms in total. The lowest BCUT2D eigenvalue weighted by Crippen LogP contribution is -2.36. The highest BCUT2D eigenvalue weighted by molar-refractivity contribution is 5.91. The maximum atomic E-state index is 12.3. The summed E-state index contributed by atoms with van der Waals surface area (Å²) in [6, 6.07) is 16.9. The molecule has 25 heavy (non-hydrogen) atoms. The van der Waals surface area contributed by atoms with Crippen molar-refractivity contribution >= 4 is 11.9 Å². The highest BCUT2D eigenvalue weighted by Gasteiger charge is 2.27. The van der Waals surface area contributed by atoms with E-state index >= 15 is 0 Å². The van der Waals surface area contributed by atoms with Crippen LogP contribution in [0.25, 0.3) is 0 Å². The Bertz CT molecular complexity index is 617. The molecule has 1 atom stereocenters. The van der Waals surface area contributed by atoms with Gasteiger partial charge >= 0.3 is 11.9 Å². The summed E-state index contributed by atoms with van der Waals surface area (Å²) in [7, 11) is 1.47. The number of hydrogen-bond donors (Lipinski definition) is 0. The van der Waals surface area contributed by atoms with Gasteiger partial charge in [-0.25, -0.2) is 9.59 Å². The third-order valence-corrected chi connectivity index (χ3v) is 3.30. The summed E-state index contributed by atoms with van der Waals surface area (Å²) < 4.78 is 20.8. The first-order valence-corrected chi connectivity index (χ1v) is 7.74. The average Bonchev–Trinajstić information content (AvgIpc) is 2.66. The number of benzene rings is 2. The second-order valence-electron chi connectivity index (χ2n) is 5.19. The second-order valence-corrected chi connectivity index (χ2v) is 5.19. The Morgan fingerprint density at radius 1 is 0.840 bits per heavy atom. The van der Waals surface area contributed by atoms with Crippen LogP contribution in [0.3, 0.4) is 0 Å². The maximum Gasteiger partial charge on any atom is 0.341 e. The number of esters is 2. The summed E-state index contributed by atoms with van der Waals surface area (Å²) in [4.78, 5) is 24.5. The van der Waals surface area contributed by atoms with Gasteiger partial charge in [-0.15, -0.1) is 0 Å². The molecular weight excluding hydrogens is 324 g/mol. The summed E-state index contributed by atoms with van der Waals surface area (Å²) in [5, 5.41) is 0. The van der Waals surface area contributed by atoms with Crippen LogP contribution in [0.15, 0.2) is 60.7 Å². The van der Waals surface area contributed by atoms with Crippen LogP contribution in [0.5, 0.6) is 0 Å². The lowest BCUT2D eigenvalue weighted by Gasteiger charge is -2.24. The molecule has 1 unspecified atom stereocenters. The number of rotatable bonds is 8. The topological polar surface area (TPSA) is 71.1 Å². The van der Waals surface area contributed by atoms with E-state index in [0.29, 0.717) is 11.1 Å². The summed E-state index contributed by atoms with van der Waals surface area (Å²) in [6.07, 6.45) is -1.92. The summed E-state index contributed by atoms with van der Waals surface area (Å²) in [6.45, 7) is 1.60. The Balaban J connectivity index is 2.09. The molecule has 0 aliphatic rings. The van der Waals surface area contributed by atoms with Crippen molar-refractivity contribution in [3.05, 3.63) is 71.8 Å². The molecular formula is C19H20O6. The lowest BCUT2D eigenvalue weighted by molar-refractivity contribution is -0.175. The van der Waals surface area contributed by atoms with Crippen LogP contribution < -0.4 is 0 Å². The Hall–Kier alpha value is -2.70. The van der Waals surface area contributed by atoms with E-state index < -0.39 is 24.3 Å². The summed E-state index contributed by atoms with van der Waals surface area (Å²) in [5.74, 6) is -1.22. The van der Waals surface area contributed by atoms with Crippen molar-refractivity contribution in [2.75, 3.05) is 13.9 Å². The van der Waals surface area contributed by atoms with Crippen LogP contribution in [0, 0.1) is 0 Å². The molecule has 0 fully saturated rings. The molecule has 132 valence electrons. The van der Waals surface area contributed by atoms with Crippen LogP contribution in [0.1, 0.15) is 27.6 Å². The van der Waals surface area contributed by atoms with Gasteiger partial charge in [0.2, 0.25) is 0 Å². The zero-order chi connectivity index (χ0) is 18.1. The predicted octanol–water partition coefficient (Wildman–Crippen LogP) is 3.04. The second kappa shape index (κ2) is 9.56. The number of hydrogen-bond acceptors (Lipinski definition) is 6. The van der Waals surface area contributed by atoms with Crippen LogP contribution in [-0.4, -0.2) is 38.2 Å². The molecule has 0 bridgehead atoms. The monoisotopic (exact) mass is 344 g/mol. The quantitative estimate of drug-likeness (QED) is 0.541. The van der Waals surface area contributed by atoms with Gasteiger partial charge in [-0.3, -0.25) is 0 Å². The minimum absolute atomic E-state index is 0.0244. The molecule has 2 rings (SSSR count). The van der Waals surface area contributed by atoms with Crippen LogP contribution in [-0.2, 0) is 18.9 Å². The maximum absolute atomic E-state index is 12.3. The molecule has 2 aromatic rings. The van der Waals surface area contributed by atoms with Gasteiger partial charge in [0, 0.05) is 7.11 Å². The van der Waals surface area contributed by atoms with Crippen LogP contribution in [0.2, 0.25) is 0 Å². The average molecular weight is 344 g/mol. The van der Waals surface area contributed by atoms with Gasteiger partial charge in [-0.1, -0.05) is 36.4 Å². The van der Waals surface area contributed by atoms with E-state index in [-0.39, 0.29) is 6.79 Å². The Morgan fingerprint density at radius 3 is 1.68 bits per heavy atom.